The molecule has 23 heavy (non-hydrogen) atoms. The molecule has 0 radical (unpaired) electrons. The zero-order chi connectivity index (χ0) is 16.2. The number of oxime groups is 1. The van der Waals surface area contributed by atoms with Crippen LogP contribution in [0, 0.1) is 6.92 Å². The Balaban J connectivity index is 1.58. The van der Waals surface area contributed by atoms with Crippen molar-refractivity contribution in [2.45, 2.75) is 39.3 Å². The number of likely N-dealkylation sites (N-methyl/N-ethyl adjacent to an activating group) is 1. The average molecular weight is 312 g/mol. The summed E-state index contributed by atoms with van der Waals surface area (Å²) in [6, 6.07) is 8.28. The first-order valence-electron chi connectivity index (χ1n) is 8.15. The van der Waals surface area contributed by atoms with Crippen LogP contribution in [0.3, 0.4) is 0 Å². The highest BCUT2D eigenvalue weighted by molar-refractivity contribution is 5.85. The molecule has 0 aliphatic carbocycles. The van der Waals surface area contributed by atoms with Crippen LogP contribution in [-0.4, -0.2) is 40.1 Å². The molecular weight excluding hydrogens is 288 g/mol. The lowest BCUT2D eigenvalue weighted by Crippen LogP contribution is -2.28. The van der Waals surface area contributed by atoms with Gasteiger partial charge in [0.05, 0.1) is 17.6 Å². The number of aryl methyl sites for hydroxylation is 1. The SMILES string of the molecule is CCC1=NOC(CN(C)Cc2cnn(-c3ccccc3C)c2)C1. The molecule has 5 heteroatoms. The van der Waals surface area contributed by atoms with Gasteiger partial charge >= 0.3 is 0 Å². The minimum Gasteiger partial charge on any atom is -0.391 e. The largest absolute Gasteiger partial charge is 0.391 e. The maximum Gasteiger partial charge on any atom is 0.145 e. The smallest absolute Gasteiger partial charge is 0.145 e. The Hall–Kier alpha value is -2.14. The number of benzene rings is 1. The Labute approximate surface area is 137 Å². The van der Waals surface area contributed by atoms with Crippen LogP contribution < -0.4 is 0 Å². The van der Waals surface area contributed by atoms with Crippen molar-refractivity contribution in [2.24, 2.45) is 5.16 Å². The minimum atomic E-state index is 0.182. The number of nitrogens with zero attached hydrogens (tertiary/aromatic N) is 4. The van der Waals surface area contributed by atoms with Gasteiger partial charge in [0.25, 0.3) is 0 Å². The van der Waals surface area contributed by atoms with E-state index in [2.05, 4.69) is 54.4 Å². The number of para-hydroxylation sites is 1. The van der Waals surface area contributed by atoms with Gasteiger partial charge in [0.2, 0.25) is 0 Å². The summed E-state index contributed by atoms with van der Waals surface area (Å²) in [6.45, 7) is 5.95. The standard InChI is InChI=1S/C18H24N4O/c1-4-16-9-17(23-20-16)13-21(3)11-15-10-19-22(12-15)18-8-6-5-7-14(18)2/h5-8,10,12,17H,4,9,11,13H2,1-3H3. The molecule has 1 unspecified atom stereocenters. The Kier molecular flexibility index (Phi) is 4.76. The van der Waals surface area contributed by atoms with Gasteiger partial charge in [-0.2, -0.15) is 5.10 Å². The van der Waals surface area contributed by atoms with Gasteiger partial charge in [0, 0.05) is 31.3 Å². The number of aromatic nitrogens is 2. The van der Waals surface area contributed by atoms with Crippen LogP contribution in [0.2, 0.25) is 0 Å². The first-order chi connectivity index (χ1) is 11.2. The minimum absolute atomic E-state index is 0.182. The third-order valence-corrected chi connectivity index (χ3v) is 4.17. The predicted molar refractivity (Wildman–Crippen MR) is 91.9 cm³/mol. The van der Waals surface area contributed by atoms with Crippen molar-refractivity contribution in [3.05, 3.63) is 47.8 Å². The molecule has 0 spiro atoms. The second-order valence-corrected chi connectivity index (χ2v) is 6.22. The van der Waals surface area contributed by atoms with Gasteiger partial charge in [-0.05, 0) is 32.0 Å². The van der Waals surface area contributed by atoms with Crippen LogP contribution in [0.1, 0.15) is 30.9 Å². The van der Waals surface area contributed by atoms with Crippen molar-refractivity contribution in [1.82, 2.24) is 14.7 Å². The van der Waals surface area contributed by atoms with Crippen molar-refractivity contribution in [3.8, 4) is 5.69 Å². The number of rotatable bonds is 6. The van der Waals surface area contributed by atoms with Crippen molar-refractivity contribution in [1.29, 1.82) is 0 Å². The van der Waals surface area contributed by atoms with Crippen LogP contribution in [0.4, 0.5) is 0 Å². The molecule has 1 aromatic heterocycles. The molecule has 122 valence electrons. The summed E-state index contributed by atoms with van der Waals surface area (Å²) < 4.78 is 1.95. The van der Waals surface area contributed by atoms with Gasteiger partial charge in [-0.15, -0.1) is 0 Å². The van der Waals surface area contributed by atoms with E-state index in [0.717, 1.165) is 37.3 Å². The lowest BCUT2D eigenvalue weighted by Gasteiger charge is -2.18. The number of hydrogen-bond donors (Lipinski definition) is 0. The topological polar surface area (TPSA) is 42.6 Å². The highest BCUT2D eigenvalue weighted by Crippen LogP contribution is 2.16. The van der Waals surface area contributed by atoms with Crippen LogP contribution in [-0.2, 0) is 11.4 Å². The van der Waals surface area contributed by atoms with Crippen LogP contribution in [0.5, 0.6) is 0 Å². The van der Waals surface area contributed by atoms with Gasteiger partial charge in [-0.25, -0.2) is 4.68 Å². The van der Waals surface area contributed by atoms with Gasteiger partial charge in [-0.3, -0.25) is 4.90 Å². The zero-order valence-electron chi connectivity index (χ0n) is 14.1. The van der Waals surface area contributed by atoms with Crippen molar-refractivity contribution < 1.29 is 4.84 Å². The normalized spacial score (nSPS) is 17.4. The second-order valence-electron chi connectivity index (χ2n) is 6.22. The lowest BCUT2D eigenvalue weighted by molar-refractivity contribution is 0.0576. The summed E-state index contributed by atoms with van der Waals surface area (Å²) in [5.74, 6) is 0. The van der Waals surface area contributed by atoms with E-state index in [-0.39, 0.29) is 6.10 Å². The maximum absolute atomic E-state index is 5.48. The van der Waals surface area contributed by atoms with Gasteiger partial charge in [0.1, 0.15) is 6.10 Å². The molecule has 1 aromatic carbocycles. The molecule has 0 saturated carbocycles. The monoisotopic (exact) mass is 312 g/mol. The number of hydrogen-bond acceptors (Lipinski definition) is 4. The summed E-state index contributed by atoms with van der Waals surface area (Å²) in [7, 11) is 2.11. The fourth-order valence-electron chi connectivity index (χ4n) is 2.91. The Morgan fingerprint density at radius 3 is 2.91 bits per heavy atom. The first kappa shape index (κ1) is 15.7. The van der Waals surface area contributed by atoms with Crippen molar-refractivity contribution in [3.63, 3.8) is 0 Å². The first-order valence-corrected chi connectivity index (χ1v) is 8.15. The summed E-state index contributed by atoms with van der Waals surface area (Å²) in [5.41, 5.74) is 4.71. The van der Waals surface area contributed by atoms with E-state index in [1.807, 2.05) is 23.0 Å². The fraction of sp³-hybridized carbons (Fsp3) is 0.444. The summed E-state index contributed by atoms with van der Waals surface area (Å²) in [5, 5.41) is 8.62. The highest BCUT2D eigenvalue weighted by atomic mass is 16.6. The molecule has 1 atom stereocenters. The highest BCUT2D eigenvalue weighted by Gasteiger charge is 2.21. The van der Waals surface area contributed by atoms with Gasteiger partial charge < -0.3 is 4.84 Å². The molecule has 1 aliphatic rings. The zero-order valence-corrected chi connectivity index (χ0v) is 14.1. The lowest BCUT2D eigenvalue weighted by atomic mass is 10.1. The quantitative estimate of drug-likeness (QED) is 0.823. The summed E-state index contributed by atoms with van der Waals surface area (Å²) in [4.78, 5) is 7.74. The third-order valence-electron chi connectivity index (χ3n) is 4.17. The van der Waals surface area contributed by atoms with Crippen molar-refractivity contribution >= 4 is 5.71 Å². The van der Waals surface area contributed by atoms with E-state index in [9.17, 15) is 0 Å². The molecular formula is C18H24N4O. The van der Waals surface area contributed by atoms with Crippen LogP contribution in [0.15, 0.2) is 41.8 Å². The molecule has 0 N–H and O–H groups in total. The van der Waals surface area contributed by atoms with Crippen LogP contribution >= 0.6 is 0 Å². The molecule has 0 saturated heterocycles. The molecule has 0 fully saturated rings. The summed E-state index contributed by atoms with van der Waals surface area (Å²) in [6.07, 6.45) is 6.14. The summed E-state index contributed by atoms with van der Waals surface area (Å²) >= 11 is 0. The fourth-order valence-corrected chi connectivity index (χ4v) is 2.91. The molecule has 3 rings (SSSR count). The van der Waals surface area contributed by atoms with E-state index in [0.29, 0.717) is 0 Å². The van der Waals surface area contributed by atoms with Gasteiger partial charge in [0.15, 0.2) is 0 Å². The molecule has 0 amide bonds. The molecule has 2 heterocycles. The Bertz CT molecular complexity index is 692. The Morgan fingerprint density at radius 2 is 2.17 bits per heavy atom. The van der Waals surface area contributed by atoms with E-state index in [4.69, 9.17) is 4.84 Å². The van der Waals surface area contributed by atoms with E-state index in [1.165, 1.54) is 11.1 Å². The third kappa shape index (κ3) is 3.79. The van der Waals surface area contributed by atoms with Crippen LogP contribution in [0.25, 0.3) is 5.69 Å². The second kappa shape index (κ2) is 6.96. The Morgan fingerprint density at radius 1 is 1.35 bits per heavy atom. The average Bonchev–Trinajstić information content (AvgIpc) is 3.17. The maximum atomic E-state index is 5.48. The molecule has 2 aromatic rings. The molecule has 5 nitrogen and oxygen atoms in total. The van der Waals surface area contributed by atoms with Gasteiger partial charge in [-0.1, -0.05) is 30.3 Å². The molecule has 0 bridgehead atoms. The van der Waals surface area contributed by atoms with E-state index in [1.54, 1.807) is 0 Å². The van der Waals surface area contributed by atoms with E-state index < -0.39 is 0 Å². The van der Waals surface area contributed by atoms with Crippen molar-refractivity contribution in [2.75, 3.05) is 13.6 Å². The predicted octanol–water partition coefficient (Wildman–Crippen LogP) is 3.17. The van der Waals surface area contributed by atoms with E-state index >= 15 is 0 Å². The molecule has 1 aliphatic heterocycles.